The lowest BCUT2D eigenvalue weighted by molar-refractivity contribution is -0.113. The number of hydrogen-bond acceptors (Lipinski definition) is 4. The molecule has 26 heavy (non-hydrogen) atoms. The van der Waals surface area contributed by atoms with Crippen LogP contribution in [0.25, 0.3) is 11.3 Å². The van der Waals surface area contributed by atoms with Gasteiger partial charge in [-0.2, -0.15) is 0 Å². The number of aromatic nitrogens is 2. The van der Waals surface area contributed by atoms with E-state index >= 15 is 0 Å². The summed E-state index contributed by atoms with van der Waals surface area (Å²) in [5, 5.41) is 12.5. The van der Waals surface area contributed by atoms with Crippen LogP contribution in [-0.2, 0) is 11.2 Å². The van der Waals surface area contributed by atoms with Crippen LogP contribution in [0.3, 0.4) is 0 Å². The zero-order chi connectivity index (χ0) is 18.4. The fraction of sp³-hybridized carbons (Fsp3) is 0.150. The van der Waals surface area contributed by atoms with Gasteiger partial charge in [-0.3, -0.25) is 4.79 Å². The molecule has 6 heteroatoms. The fourth-order valence-corrected chi connectivity index (χ4v) is 3.15. The molecule has 1 N–H and O–H groups in total. The van der Waals surface area contributed by atoms with Crippen molar-refractivity contribution in [3.8, 4) is 11.3 Å². The minimum Gasteiger partial charge on any atom is -0.324 e. The highest BCUT2D eigenvalue weighted by Crippen LogP contribution is 2.23. The molecule has 2 aromatic carbocycles. The number of carbonyl (C=O) groups excluding carboxylic acids is 1. The SMILES string of the molecule is CCc1ccc(-c2ccc(SCC(=O)Nc3ccccc3Cl)nn2)cc1. The van der Waals surface area contributed by atoms with Gasteiger partial charge in [0, 0.05) is 5.56 Å². The molecule has 0 atom stereocenters. The quantitative estimate of drug-likeness (QED) is 0.602. The highest BCUT2D eigenvalue weighted by atomic mass is 35.5. The molecular weight excluding hydrogens is 366 g/mol. The van der Waals surface area contributed by atoms with Crippen LogP contribution in [0.15, 0.2) is 65.7 Å². The van der Waals surface area contributed by atoms with Gasteiger partial charge in [-0.1, -0.05) is 66.7 Å². The van der Waals surface area contributed by atoms with Crippen molar-refractivity contribution in [3.05, 3.63) is 71.2 Å². The van der Waals surface area contributed by atoms with Gasteiger partial charge in [-0.15, -0.1) is 10.2 Å². The Morgan fingerprint density at radius 3 is 2.46 bits per heavy atom. The number of aryl methyl sites for hydroxylation is 1. The number of anilines is 1. The second kappa shape index (κ2) is 8.83. The Kier molecular flexibility index (Phi) is 6.26. The number of hydrogen-bond donors (Lipinski definition) is 1. The van der Waals surface area contributed by atoms with E-state index in [1.807, 2.05) is 36.4 Å². The minimum atomic E-state index is -0.135. The second-order valence-corrected chi connectivity index (χ2v) is 7.03. The summed E-state index contributed by atoms with van der Waals surface area (Å²) >= 11 is 7.37. The molecule has 0 aliphatic rings. The maximum atomic E-state index is 12.0. The Morgan fingerprint density at radius 2 is 1.81 bits per heavy atom. The lowest BCUT2D eigenvalue weighted by Gasteiger charge is -2.06. The predicted molar refractivity (Wildman–Crippen MR) is 108 cm³/mol. The minimum absolute atomic E-state index is 0.135. The highest BCUT2D eigenvalue weighted by molar-refractivity contribution is 7.99. The third kappa shape index (κ3) is 4.84. The first-order valence-electron chi connectivity index (χ1n) is 8.26. The maximum absolute atomic E-state index is 12.0. The lowest BCUT2D eigenvalue weighted by Crippen LogP contribution is -2.14. The second-order valence-electron chi connectivity index (χ2n) is 5.62. The average molecular weight is 384 g/mol. The summed E-state index contributed by atoms with van der Waals surface area (Å²) < 4.78 is 0. The van der Waals surface area contributed by atoms with Crippen LogP contribution >= 0.6 is 23.4 Å². The van der Waals surface area contributed by atoms with Gasteiger partial charge in [0.25, 0.3) is 0 Å². The van der Waals surface area contributed by atoms with Crippen molar-refractivity contribution in [2.75, 3.05) is 11.1 Å². The van der Waals surface area contributed by atoms with E-state index in [0.717, 1.165) is 17.7 Å². The van der Waals surface area contributed by atoms with Crippen LogP contribution in [0, 0.1) is 0 Å². The highest BCUT2D eigenvalue weighted by Gasteiger charge is 2.08. The smallest absolute Gasteiger partial charge is 0.234 e. The molecule has 1 amide bonds. The summed E-state index contributed by atoms with van der Waals surface area (Å²) in [7, 11) is 0. The van der Waals surface area contributed by atoms with Gasteiger partial charge < -0.3 is 5.32 Å². The van der Waals surface area contributed by atoms with Crippen molar-refractivity contribution < 1.29 is 4.79 Å². The fourth-order valence-electron chi connectivity index (χ4n) is 2.35. The molecule has 3 rings (SSSR count). The average Bonchev–Trinajstić information content (AvgIpc) is 2.69. The number of nitrogens with zero attached hydrogens (tertiary/aromatic N) is 2. The standard InChI is InChI=1S/C20H18ClN3OS/c1-2-14-7-9-15(10-8-14)17-11-12-20(24-23-17)26-13-19(25)22-18-6-4-3-5-16(18)21/h3-12H,2,13H2,1H3,(H,22,25). The first-order chi connectivity index (χ1) is 12.7. The van der Waals surface area contributed by atoms with Gasteiger partial charge in [-0.05, 0) is 36.2 Å². The van der Waals surface area contributed by atoms with Crippen LogP contribution in [0.4, 0.5) is 5.69 Å². The van der Waals surface area contributed by atoms with Gasteiger partial charge in [0.05, 0.1) is 22.2 Å². The van der Waals surface area contributed by atoms with Crippen molar-refractivity contribution in [1.82, 2.24) is 10.2 Å². The predicted octanol–water partition coefficient (Wildman–Crippen LogP) is 5.09. The third-order valence-corrected chi connectivity index (χ3v) is 5.05. The molecule has 4 nitrogen and oxygen atoms in total. The normalized spacial score (nSPS) is 10.5. The molecule has 0 saturated carbocycles. The summed E-state index contributed by atoms with van der Waals surface area (Å²) in [6.45, 7) is 2.13. The van der Waals surface area contributed by atoms with E-state index in [1.54, 1.807) is 12.1 Å². The first kappa shape index (κ1) is 18.4. The van der Waals surface area contributed by atoms with E-state index in [0.29, 0.717) is 15.7 Å². The molecule has 1 heterocycles. The Balaban J connectivity index is 1.57. The van der Waals surface area contributed by atoms with E-state index in [4.69, 9.17) is 11.6 Å². The number of para-hydroxylation sites is 1. The van der Waals surface area contributed by atoms with Crippen LogP contribution in [0.5, 0.6) is 0 Å². The molecule has 1 aromatic heterocycles. The molecule has 0 radical (unpaired) electrons. The Labute approximate surface area is 162 Å². The number of halogens is 1. The number of nitrogens with one attached hydrogen (secondary N) is 1. The molecule has 3 aromatic rings. The number of amides is 1. The summed E-state index contributed by atoms with van der Waals surface area (Å²) in [5.74, 6) is 0.105. The topological polar surface area (TPSA) is 54.9 Å². The lowest BCUT2D eigenvalue weighted by atomic mass is 10.1. The van der Waals surface area contributed by atoms with E-state index in [-0.39, 0.29) is 11.7 Å². The Morgan fingerprint density at radius 1 is 1.04 bits per heavy atom. The molecule has 132 valence electrons. The molecule has 0 unspecified atom stereocenters. The van der Waals surface area contributed by atoms with Gasteiger partial charge in [0.1, 0.15) is 5.03 Å². The van der Waals surface area contributed by atoms with Gasteiger partial charge in [0.15, 0.2) is 0 Å². The number of rotatable bonds is 6. The Hall–Kier alpha value is -2.37. The monoisotopic (exact) mass is 383 g/mol. The molecule has 0 aliphatic carbocycles. The van der Waals surface area contributed by atoms with Gasteiger partial charge in [-0.25, -0.2) is 0 Å². The first-order valence-corrected chi connectivity index (χ1v) is 9.62. The number of thioether (sulfide) groups is 1. The largest absolute Gasteiger partial charge is 0.324 e. The van der Waals surface area contributed by atoms with Crippen molar-refractivity contribution in [1.29, 1.82) is 0 Å². The van der Waals surface area contributed by atoms with Crippen molar-refractivity contribution in [2.45, 2.75) is 18.4 Å². The van der Waals surface area contributed by atoms with Crippen molar-refractivity contribution >= 4 is 35.0 Å². The van der Waals surface area contributed by atoms with Crippen molar-refractivity contribution in [3.63, 3.8) is 0 Å². The molecule has 0 spiro atoms. The molecule has 0 bridgehead atoms. The summed E-state index contributed by atoms with van der Waals surface area (Å²) in [4.78, 5) is 12.0. The van der Waals surface area contributed by atoms with E-state index in [9.17, 15) is 4.79 Å². The van der Waals surface area contributed by atoms with Crippen LogP contribution in [0.1, 0.15) is 12.5 Å². The van der Waals surface area contributed by atoms with E-state index in [1.165, 1.54) is 17.3 Å². The van der Waals surface area contributed by atoms with Gasteiger partial charge in [0.2, 0.25) is 5.91 Å². The Bertz CT molecular complexity index is 882. The van der Waals surface area contributed by atoms with Crippen LogP contribution < -0.4 is 5.32 Å². The van der Waals surface area contributed by atoms with Crippen LogP contribution in [-0.4, -0.2) is 21.9 Å². The zero-order valence-corrected chi connectivity index (χ0v) is 15.8. The number of benzene rings is 2. The van der Waals surface area contributed by atoms with Gasteiger partial charge >= 0.3 is 0 Å². The molecule has 0 saturated heterocycles. The zero-order valence-electron chi connectivity index (χ0n) is 14.3. The summed E-state index contributed by atoms with van der Waals surface area (Å²) in [6.07, 6.45) is 1.01. The molecule has 0 fully saturated rings. The summed E-state index contributed by atoms with van der Waals surface area (Å²) in [5.41, 5.74) is 3.75. The van der Waals surface area contributed by atoms with E-state index in [2.05, 4.69) is 34.6 Å². The molecule has 0 aliphatic heterocycles. The van der Waals surface area contributed by atoms with Crippen molar-refractivity contribution in [2.24, 2.45) is 0 Å². The maximum Gasteiger partial charge on any atom is 0.234 e. The summed E-state index contributed by atoms with van der Waals surface area (Å²) in [6, 6.07) is 19.2. The third-order valence-electron chi connectivity index (χ3n) is 3.80. The van der Waals surface area contributed by atoms with E-state index < -0.39 is 0 Å². The molecular formula is C20H18ClN3OS. The van der Waals surface area contributed by atoms with Crippen LogP contribution in [0.2, 0.25) is 5.02 Å². The number of carbonyl (C=O) groups is 1.